The Bertz CT molecular complexity index is 1470. The number of amides is 1. The van der Waals surface area contributed by atoms with Crippen LogP contribution in [0.15, 0.2) is 53.5 Å². The van der Waals surface area contributed by atoms with E-state index in [0.29, 0.717) is 33.5 Å². The monoisotopic (exact) mass is 477 g/mol. The summed E-state index contributed by atoms with van der Waals surface area (Å²) in [5.41, 5.74) is 1.07. The van der Waals surface area contributed by atoms with E-state index < -0.39 is 11.4 Å². The molecule has 1 amide bonds. The second kappa shape index (κ2) is 9.44. The Labute approximate surface area is 202 Å². The van der Waals surface area contributed by atoms with Gasteiger partial charge in [-0.15, -0.1) is 0 Å². The third kappa shape index (κ3) is 4.13. The third-order valence-electron chi connectivity index (χ3n) is 6.83. The molecule has 0 saturated heterocycles. The number of nitrogens with one attached hydrogen (secondary N) is 1. The molecular weight excluding hydrogens is 449 g/mol. The van der Waals surface area contributed by atoms with Crippen molar-refractivity contribution < 1.29 is 18.7 Å². The van der Waals surface area contributed by atoms with Crippen molar-refractivity contribution in [2.24, 2.45) is 0 Å². The van der Waals surface area contributed by atoms with Crippen molar-refractivity contribution in [3.8, 4) is 11.5 Å². The molecule has 8 heteroatoms. The molecule has 1 aliphatic carbocycles. The highest BCUT2D eigenvalue weighted by atomic mass is 19.1. The van der Waals surface area contributed by atoms with Crippen molar-refractivity contribution in [2.45, 2.75) is 44.7 Å². The summed E-state index contributed by atoms with van der Waals surface area (Å²) in [6.45, 7) is -0.0643. The molecule has 4 aromatic rings. The summed E-state index contributed by atoms with van der Waals surface area (Å²) in [6.07, 6.45) is 6.73. The van der Waals surface area contributed by atoms with Crippen molar-refractivity contribution in [3.05, 3.63) is 76.1 Å². The van der Waals surface area contributed by atoms with Crippen LogP contribution in [0, 0.1) is 5.82 Å². The maximum absolute atomic E-state index is 14.5. The van der Waals surface area contributed by atoms with Gasteiger partial charge in [0, 0.05) is 23.2 Å². The van der Waals surface area contributed by atoms with Crippen LogP contribution in [-0.4, -0.2) is 35.1 Å². The summed E-state index contributed by atoms with van der Waals surface area (Å²) >= 11 is 0. The predicted molar refractivity (Wildman–Crippen MR) is 132 cm³/mol. The molecule has 1 fully saturated rings. The lowest BCUT2D eigenvalue weighted by Crippen LogP contribution is -2.40. The van der Waals surface area contributed by atoms with Crippen LogP contribution in [0.5, 0.6) is 11.5 Å². The van der Waals surface area contributed by atoms with Gasteiger partial charge in [-0.25, -0.2) is 4.39 Å². The number of benzene rings is 2. The summed E-state index contributed by atoms with van der Waals surface area (Å²) in [7, 11) is 3.11. The Morgan fingerprint density at radius 3 is 2.49 bits per heavy atom. The van der Waals surface area contributed by atoms with Crippen LogP contribution in [0.2, 0.25) is 0 Å². The fourth-order valence-corrected chi connectivity index (χ4v) is 5.01. The zero-order valence-electron chi connectivity index (χ0n) is 19.8. The van der Waals surface area contributed by atoms with Gasteiger partial charge in [-0.3, -0.25) is 14.2 Å². The fraction of sp³-hybridized carbons (Fsp3) is 0.333. The number of aromatic nitrogens is 2. The molecule has 1 saturated carbocycles. The van der Waals surface area contributed by atoms with Gasteiger partial charge in [0.05, 0.1) is 26.3 Å². The summed E-state index contributed by atoms with van der Waals surface area (Å²) in [4.78, 5) is 27.3. The lowest BCUT2D eigenvalue weighted by molar-refractivity contribution is 0.0916. The predicted octanol–water partition coefficient (Wildman–Crippen LogP) is 4.52. The van der Waals surface area contributed by atoms with E-state index >= 15 is 0 Å². The minimum Gasteiger partial charge on any atom is -0.496 e. The molecule has 0 unspecified atom stereocenters. The maximum Gasteiger partial charge on any atom is 0.275 e. The van der Waals surface area contributed by atoms with Crippen LogP contribution in [0.1, 0.15) is 48.2 Å². The number of rotatable bonds is 6. The number of halogens is 1. The summed E-state index contributed by atoms with van der Waals surface area (Å²) < 4.78 is 28.6. The second-order valence-electron chi connectivity index (χ2n) is 8.94. The Morgan fingerprint density at radius 2 is 1.77 bits per heavy atom. The van der Waals surface area contributed by atoms with Crippen LogP contribution >= 0.6 is 0 Å². The zero-order chi connectivity index (χ0) is 24.5. The number of methoxy groups -OCH3 is 2. The quantitative estimate of drug-likeness (QED) is 0.443. The average Bonchev–Trinajstić information content (AvgIpc) is 3.27. The molecule has 2 aromatic carbocycles. The molecule has 0 bridgehead atoms. The molecule has 35 heavy (non-hydrogen) atoms. The van der Waals surface area contributed by atoms with Crippen molar-refractivity contribution in [2.75, 3.05) is 14.2 Å². The first kappa shape index (κ1) is 23.0. The highest BCUT2D eigenvalue weighted by molar-refractivity contribution is 5.98. The number of hydrogen-bond donors (Lipinski definition) is 1. The highest BCUT2D eigenvalue weighted by Gasteiger charge is 2.24. The number of hydrogen-bond acceptors (Lipinski definition) is 4. The molecule has 1 N–H and O–H groups in total. The normalized spacial score (nSPS) is 14.4. The third-order valence-corrected chi connectivity index (χ3v) is 6.83. The topological polar surface area (TPSA) is 74.0 Å². The number of carbonyl (C=O) groups is 1. The Hall–Kier alpha value is -3.81. The fourth-order valence-electron chi connectivity index (χ4n) is 5.01. The van der Waals surface area contributed by atoms with Crippen molar-refractivity contribution in [3.63, 3.8) is 0 Å². The van der Waals surface area contributed by atoms with Crippen molar-refractivity contribution >= 4 is 22.3 Å². The number of ether oxygens (including phenoxy) is 2. The summed E-state index contributed by atoms with van der Waals surface area (Å²) in [6, 6.07) is 11.6. The number of carbonyl (C=O) groups excluding carboxylic acids is 1. The van der Waals surface area contributed by atoms with Crippen LogP contribution < -0.4 is 20.3 Å². The lowest BCUT2D eigenvalue weighted by atomic mass is 9.95. The number of nitrogens with zero attached hydrogens (tertiary/aromatic N) is 2. The van der Waals surface area contributed by atoms with Gasteiger partial charge in [0.15, 0.2) is 0 Å². The van der Waals surface area contributed by atoms with E-state index in [1.165, 1.54) is 10.6 Å². The maximum atomic E-state index is 14.5. The van der Waals surface area contributed by atoms with E-state index in [9.17, 15) is 14.0 Å². The van der Waals surface area contributed by atoms with E-state index in [0.717, 1.165) is 32.1 Å². The highest BCUT2D eigenvalue weighted by Crippen LogP contribution is 2.35. The standard InChI is InChI=1S/C27H28FN3O4/c1-34-23-12-13-24(35-2)25-19(23)14-21-27(33)31(15-17-8-6-7-11-20(17)28)22(16-30(21)25)26(32)29-18-9-4-3-5-10-18/h6-8,11-14,16,18H,3-5,9-10,15H2,1-2H3,(H,29,32). The van der Waals surface area contributed by atoms with Gasteiger partial charge >= 0.3 is 0 Å². The molecule has 2 aromatic heterocycles. The molecule has 0 spiro atoms. The molecule has 2 heterocycles. The van der Waals surface area contributed by atoms with E-state index in [2.05, 4.69) is 5.32 Å². The molecular formula is C27H28FN3O4. The van der Waals surface area contributed by atoms with Crippen LogP contribution in [0.3, 0.4) is 0 Å². The van der Waals surface area contributed by atoms with Gasteiger partial charge in [-0.05, 0) is 37.1 Å². The second-order valence-corrected chi connectivity index (χ2v) is 8.94. The molecule has 0 aliphatic heterocycles. The first-order chi connectivity index (χ1) is 17.0. The van der Waals surface area contributed by atoms with Gasteiger partial charge in [-0.1, -0.05) is 37.5 Å². The first-order valence-corrected chi connectivity index (χ1v) is 11.9. The van der Waals surface area contributed by atoms with Gasteiger partial charge in [0.1, 0.15) is 28.5 Å². The van der Waals surface area contributed by atoms with Crippen LogP contribution in [0.4, 0.5) is 4.39 Å². The molecule has 5 rings (SSSR count). The Morgan fingerprint density at radius 1 is 1.06 bits per heavy atom. The van der Waals surface area contributed by atoms with E-state index in [4.69, 9.17) is 9.47 Å². The van der Waals surface area contributed by atoms with E-state index in [-0.39, 0.29) is 24.2 Å². The van der Waals surface area contributed by atoms with Crippen LogP contribution in [-0.2, 0) is 6.54 Å². The smallest absolute Gasteiger partial charge is 0.275 e. The summed E-state index contributed by atoms with van der Waals surface area (Å²) in [5.74, 6) is 0.348. The molecule has 1 aliphatic rings. The minimum absolute atomic E-state index is 0.0556. The van der Waals surface area contributed by atoms with Gasteiger partial charge in [0.2, 0.25) is 0 Å². The largest absolute Gasteiger partial charge is 0.496 e. The molecule has 0 atom stereocenters. The Kier molecular flexibility index (Phi) is 6.19. The Balaban J connectivity index is 1.73. The summed E-state index contributed by atoms with van der Waals surface area (Å²) in [5, 5.41) is 3.78. The number of fused-ring (bicyclic) bond motifs is 3. The lowest BCUT2D eigenvalue weighted by Gasteiger charge is -2.23. The zero-order valence-corrected chi connectivity index (χ0v) is 19.8. The van der Waals surface area contributed by atoms with Gasteiger partial charge < -0.3 is 19.2 Å². The van der Waals surface area contributed by atoms with Crippen molar-refractivity contribution in [1.29, 1.82) is 0 Å². The van der Waals surface area contributed by atoms with E-state index in [1.54, 1.807) is 61.2 Å². The van der Waals surface area contributed by atoms with Gasteiger partial charge in [-0.2, -0.15) is 0 Å². The van der Waals surface area contributed by atoms with Gasteiger partial charge in [0.25, 0.3) is 11.5 Å². The average molecular weight is 478 g/mol. The van der Waals surface area contributed by atoms with Crippen LogP contribution in [0.25, 0.3) is 16.4 Å². The molecule has 0 radical (unpaired) electrons. The molecule has 7 nitrogen and oxygen atoms in total. The van der Waals surface area contributed by atoms with E-state index in [1.807, 2.05) is 0 Å². The first-order valence-electron chi connectivity index (χ1n) is 11.9. The minimum atomic E-state index is -0.429. The molecule has 182 valence electrons. The van der Waals surface area contributed by atoms with Crippen molar-refractivity contribution in [1.82, 2.24) is 14.3 Å². The SMILES string of the molecule is COc1ccc(OC)c2c1cc1c(=O)n(Cc3ccccc3F)c(C(=O)NC3CCCCC3)cn12.